The second-order valence-electron chi connectivity index (χ2n) is 4.81. The highest BCUT2D eigenvalue weighted by Crippen LogP contribution is 2.31. The number of anilines is 1. The molecule has 1 aromatic carbocycles. The van der Waals surface area contributed by atoms with Crippen molar-refractivity contribution in [2.75, 3.05) is 23.7 Å². The molecular formula is C14H21FN2S. The fourth-order valence-corrected chi connectivity index (χ4v) is 3.62. The molecule has 18 heavy (non-hydrogen) atoms. The molecule has 4 heteroatoms. The van der Waals surface area contributed by atoms with E-state index in [-0.39, 0.29) is 11.9 Å². The highest BCUT2D eigenvalue weighted by molar-refractivity contribution is 8.00. The first-order valence-corrected chi connectivity index (χ1v) is 7.59. The van der Waals surface area contributed by atoms with Crippen molar-refractivity contribution in [3.05, 3.63) is 29.6 Å². The second kappa shape index (κ2) is 5.93. The standard InChI is InChI=1S/C14H21FN2S/c1-3-11-9-17(7-8-18-11)13-6-4-5-12(15)14(13)10(2)16/h4-6,10-11H,3,7-9,16H2,1-2H3/t10-,11?/m0/s1. The third kappa shape index (κ3) is 2.81. The van der Waals surface area contributed by atoms with E-state index in [0.29, 0.717) is 10.8 Å². The highest BCUT2D eigenvalue weighted by Gasteiger charge is 2.23. The van der Waals surface area contributed by atoms with Crippen LogP contribution in [0.25, 0.3) is 0 Å². The molecular weight excluding hydrogens is 247 g/mol. The lowest BCUT2D eigenvalue weighted by atomic mass is 10.0. The molecule has 0 radical (unpaired) electrons. The highest BCUT2D eigenvalue weighted by atomic mass is 32.2. The summed E-state index contributed by atoms with van der Waals surface area (Å²) in [5, 5.41) is 0.642. The zero-order valence-corrected chi connectivity index (χ0v) is 11.8. The number of halogens is 1. The van der Waals surface area contributed by atoms with E-state index < -0.39 is 0 Å². The van der Waals surface area contributed by atoms with Gasteiger partial charge in [-0.15, -0.1) is 0 Å². The molecule has 0 aliphatic carbocycles. The van der Waals surface area contributed by atoms with Crippen LogP contribution in [0.2, 0.25) is 0 Å². The van der Waals surface area contributed by atoms with Gasteiger partial charge in [-0.1, -0.05) is 13.0 Å². The molecule has 0 saturated carbocycles. The Morgan fingerprint density at radius 2 is 2.33 bits per heavy atom. The molecule has 0 bridgehead atoms. The molecule has 1 fully saturated rings. The lowest BCUT2D eigenvalue weighted by Crippen LogP contribution is -2.38. The normalized spacial score (nSPS) is 22.0. The first kappa shape index (κ1) is 13.7. The third-order valence-corrected chi connectivity index (χ3v) is 4.79. The van der Waals surface area contributed by atoms with Gasteiger partial charge in [0, 0.05) is 41.4 Å². The molecule has 1 saturated heterocycles. The summed E-state index contributed by atoms with van der Waals surface area (Å²) >= 11 is 2.01. The van der Waals surface area contributed by atoms with Crippen LogP contribution >= 0.6 is 11.8 Å². The van der Waals surface area contributed by atoms with E-state index in [1.807, 2.05) is 24.8 Å². The predicted molar refractivity (Wildman–Crippen MR) is 77.8 cm³/mol. The lowest BCUT2D eigenvalue weighted by Gasteiger charge is -2.35. The number of hydrogen-bond acceptors (Lipinski definition) is 3. The Hall–Kier alpha value is -0.740. The minimum atomic E-state index is -0.268. The summed E-state index contributed by atoms with van der Waals surface area (Å²) in [7, 11) is 0. The van der Waals surface area contributed by atoms with E-state index >= 15 is 0 Å². The zero-order valence-electron chi connectivity index (χ0n) is 11.0. The Bertz CT molecular complexity index is 409. The van der Waals surface area contributed by atoms with Crippen LogP contribution in [0.3, 0.4) is 0 Å². The quantitative estimate of drug-likeness (QED) is 0.913. The molecule has 1 aliphatic rings. The maximum atomic E-state index is 13.9. The van der Waals surface area contributed by atoms with Crippen molar-refractivity contribution >= 4 is 17.4 Å². The van der Waals surface area contributed by atoms with Gasteiger partial charge in [0.15, 0.2) is 0 Å². The van der Waals surface area contributed by atoms with Crippen LogP contribution in [0.5, 0.6) is 0 Å². The number of benzene rings is 1. The second-order valence-corrected chi connectivity index (χ2v) is 6.22. The summed E-state index contributed by atoms with van der Waals surface area (Å²) in [5.41, 5.74) is 7.55. The summed E-state index contributed by atoms with van der Waals surface area (Å²) < 4.78 is 13.9. The van der Waals surface area contributed by atoms with Crippen molar-refractivity contribution in [3.63, 3.8) is 0 Å². The largest absolute Gasteiger partial charge is 0.369 e. The molecule has 1 aliphatic heterocycles. The van der Waals surface area contributed by atoms with Crippen LogP contribution < -0.4 is 10.6 Å². The number of nitrogens with two attached hydrogens (primary N) is 1. The average Bonchev–Trinajstić information content (AvgIpc) is 2.38. The first-order valence-electron chi connectivity index (χ1n) is 6.54. The smallest absolute Gasteiger partial charge is 0.130 e. The van der Waals surface area contributed by atoms with Gasteiger partial charge in [0.1, 0.15) is 5.82 Å². The van der Waals surface area contributed by atoms with Crippen molar-refractivity contribution in [2.45, 2.75) is 31.6 Å². The molecule has 1 unspecified atom stereocenters. The van der Waals surface area contributed by atoms with Gasteiger partial charge in [-0.05, 0) is 25.5 Å². The fourth-order valence-electron chi connectivity index (χ4n) is 2.44. The van der Waals surface area contributed by atoms with E-state index in [0.717, 1.165) is 31.0 Å². The first-order chi connectivity index (χ1) is 8.63. The SMILES string of the molecule is CCC1CN(c2cccc(F)c2[C@H](C)N)CCS1. The van der Waals surface area contributed by atoms with Gasteiger partial charge < -0.3 is 10.6 Å². The minimum absolute atomic E-state index is 0.186. The van der Waals surface area contributed by atoms with Gasteiger partial charge in [-0.25, -0.2) is 4.39 Å². The molecule has 2 nitrogen and oxygen atoms in total. The molecule has 2 atom stereocenters. The fraction of sp³-hybridized carbons (Fsp3) is 0.571. The Morgan fingerprint density at radius 1 is 1.56 bits per heavy atom. The number of rotatable bonds is 3. The third-order valence-electron chi connectivity index (χ3n) is 3.42. The monoisotopic (exact) mass is 268 g/mol. The molecule has 2 rings (SSSR count). The van der Waals surface area contributed by atoms with Crippen molar-refractivity contribution in [2.24, 2.45) is 5.73 Å². The summed E-state index contributed by atoms with van der Waals surface area (Å²) in [4.78, 5) is 2.28. The van der Waals surface area contributed by atoms with E-state index in [1.54, 1.807) is 6.07 Å². The van der Waals surface area contributed by atoms with Crippen LogP contribution in [0.15, 0.2) is 18.2 Å². The Morgan fingerprint density at radius 3 is 3.00 bits per heavy atom. The van der Waals surface area contributed by atoms with Crippen molar-refractivity contribution < 1.29 is 4.39 Å². The molecule has 0 amide bonds. The minimum Gasteiger partial charge on any atom is -0.369 e. The Labute approximate surface area is 113 Å². The van der Waals surface area contributed by atoms with Gasteiger partial charge in [0.25, 0.3) is 0 Å². The summed E-state index contributed by atoms with van der Waals surface area (Å²) in [5.74, 6) is 0.918. The van der Waals surface area contributed by atoms with Crippen molar-refractivity contribution in [1.29, 1.82) is 0 Å². The molecule has 0 spiro atoms. The molecule has 0 aromatic heterocycles. The van der Waals surface area contributed by atoms with Crippen LogP contribution in [-0.2, 0) is 0 Å². The van der Waals surface area contributed by atoms with Crippen molar-refractivity contribution in [1.82, 2.24) is 0 Å². The van der Waals surface area contributed by atoms with Gasteiger partial charge in [-0.2, -0.15) is 11.8 Å². The predicted octanol–water partition coefficient (Wildman–Crippen LogP) is 3.18. The average molecular weight is 268 g/mol. The van der Waals surface area contributed by atoms with Gasteiger partial charge in [0.05, 0.1) is 0 Å². The molecule has 2 N–H and O–H groups in total. The van der Waals surface area contributed by atoms with Gasteiger partial charge in [-0.3, -0.25) is 0 Å². The van der Waals surface area contributed by atoms with Crippen LogP contribution in [0.1, 0.15) is 31.9 Å². The number of hydrogen-bond donors (Lipinski definition) is 1. The summed E-state index contributed by atoms with van der Waals surface area (Å²) in [6.45, 7) is 6.02. The Balaban J connectivity index is 2.29. The number of thioether (sulfide) groups is 1. The van der Waals surface area contributed by atoms with Crippen LogP contribution in [0.4, 0.5) is 10.1 Å². The maximum Gasteiger partial charge on any atom is 0.130 e. The van der Waals surface area contributed by atoms with E-state index in [9.17, 15) is 4.39 Å². The topological polar surface area (TPSA) is 29.3 Å². The van der Waals surface area contributed by atoms with Crippen LogP contribution in [0, 0.1) is 5.82 Å². The lowest BCUT2D eigenvalue weighted by molar-refractivity contribution is 0.590. The zero-order chi connectivity index (χ0) is 13.1. The van der Waals surface area contributed by atoms with E-state index in [1.165, 1.54) is 6.07 Å². The Kier molecular flexibility index (Phi) is 4.51. The van der Waals surface area contributed by atoms with Gasteiger partial charge in [0.2, 0.25) is 0 Å². The van der Waals surface area contributed by atoms with Crippen molar-refractivity contribution in [3.8, 4) is 0 Å². The summed E-state index contributed by atoms with van der Waals surface area (Å²) in [6, 6.07) is 5.00. The van der Waals surface area contributed by atoms with Gasteiger partial charge >= 0.3 is 0 Å². The van der Waals surface area contributed by atoms with E-state index in [4.69, 9.17) is 5.73 Å². The molecule has 1 aromatic rings. The maximum absolute atomic E-state index is 13.9. The van der Waals surface area contributed by atoms with E-state index in [2.05, 4.69) is 11.8 Å². The van der Waals surface area contributed by atoms with Crippen LogP contribution in [-0.4, -0.2) is 24.1 Å². The number of nitrogens with zero attached hydrogens (tertiary/aromatic N) is 1. The molecule has 100 valence electrons. The summed E-state index contributed by atoms with van der Waals surface area (Å²) in [6.07, 6.45) is 1.16. The molecule has 1 heterocycles.